The van der Waals surface area contributed by atoms with Crippen molar-refractivity contribution in [2.45, 2.75) is 6.92 Å². The maximum absolute atomic E-state index is 12.2. The average molecular weight is 344 g/mol. The van der Waals surface area contributed by atoms with Gasteiger partial charge in [0.1, 0.15) is 0 Å². The Kier molecular flexibility index (Phi) is 4.92. The Hall–Kier alpha value is -1.22. The van der Waals surface area contributed by atoms with Crippen LogP contribution in [0.5, 0.6) is 0 Å². The molecule has 1 unspecified atom stereocenters. The fraction of sp³-hybridized carbons (Fsp3) is 0.538. The zero-order chi connectivity index (χ0) is 15.5. The summed E-state index contributed by atoms with van der Waals surface area (Å²) >= 11 is 6.03. The van der Waals surface area contributed by atoms with E-state index in [4.69, 9.17) is 16.3 Å². The highest BCUT2D eigenvalue weighted by atomic mass is 35.5. The summed E-state index contributed by atoms with van der Waals surface area (Å²) in [6.07, 6.45) is 1.75. The Bertz CT molecular complexity index is 686. The molecule has 120 valence electrons. The van der Waals surface area contributed by atoms with Crippen LogP contribution in [0.1, 0.15) is 5.69 Å². The Morgan fingerprint density at radius 3 is 3.00 bits per heavy atom. The van der Waals surface area contributed by atoms with Gasteiger partial charge in [0.05, 0.1) is 47.5 Å². The lowest BCUT2D eigenvalue weighted by molar-refractivity contribution is 0.0752. The molecule has 1 atom stereocenters. The monoisotopic (exact) mass is 343 g/mol. The molecule has 0 aliphatic carbocycles. The minimum Gasteiger partial charge on any atom is -0.381 e. The first-order valence-electron chi connectivity index (χ1n) is 7.11. The Labute approximate surface area is 136 Å². The summed E-state index contributed by atoms with van der Waals surface area (Å²) in [6, 6.07) is 1.74. The van der Waals surface area contributed by atoms with Gasteiger partial charge in [-0.3, -0.25) is 0 Å². The van der Waals surface area contributed by atoms with Crippen molar-refractivity contribution >= 4 is 33.9 Å². The van der Waals surface area contributed by atoms with Crippen LogP contribution in [0.4, 0.5) is 5.69 Å². The van der Waals surface area contributed by atoms with Crippen molar-refractivity contribution in [3.05, 3.63) is 23.1 Å². The molecule has 1 N–H and O–H groups in total. The number of hydrogen-bond acceptors (Lipinski definition) is 5. The highest BCUT2D eigenvalue weighted by Crippen LogP contribution is 2.19. The third-order valence-corrected chi connectivity index (χ3v) is 5.14. The largest absolute Gasteiger partial charge is 0.381 e. The van der Waals surface area contributed by atoms with Crippen molar-refractivity contribution in [1.82, 2.24) is 18.9 Å². The van der Waals surface area contributed by atoms with Gasteiger partial charge < -0.3 is 10.1 Å². The molecule has 0 saturated carbocycles. The van der Waals surface area contributed by atoms with Crippen molar-refractivity contribution < 1.29 is 8.95 Å². The van der Waals surface area contributed by atoms with Crippen LogP contribution in [0, 0.1) is 6.92 Å². The van der Waals surface area contributed by atoms with E-state index in [1.165, 1.54) is 0 Å². The first-order valence-corrected chi connectivity index (χ1v) is 8.76. The first-order chi connectivity index (χ1) is 10.6. The maximum Gasteiger partial charge on any atom is 0.177 e. The Morgan fingerprint density at radius 1 is 1.45 bits per heavy atom. The summed E-state index contributed by atoms with van der Waals surface area (Å²) in [7, 11) is -0.999. The zero-order valence-electron chi connectivity index (χ0n) is 12.3. The summed E-state index contributed by atoms with van der Waals surface area (Å²) in [4.78, 5) is 4.32. The van der Waals surface area contributed by atoms with E-state index in [0.717, 1.165) is 30.1 Å². The highest BCUT2D eigenvalue weighted by molar-refractivity contribution is 7.82. The van der Waals surface area contributed by atoms with Crippen LogP contribution < -0.4 is 5.32 Å². The molecule has 2 aromatic heterocycles. The van der Waals surface area contributed by atoms with E-state index < -0.39 is 11.0 Å². The molecule has 0 radical (unpaired) electrons. The molecular formula is C13H18ClN5O2S. The van der Waals surface area contributed by atoms with Crippen LogP contribution in [0.2, 0.25) is 5.15 Å². The summed E-state index contributed by atoms with van der Waals surface area (Å²) < 4.78 is 21.1. The number of rotatable bonds is 5. The van der Waals surface area contributed by atoms with Crippen LogP contribution in [0.25, 0.3) is 5.65 Å². The molecule has 9 heteroatoms. The summed E-state index contributed by atoms with van der Waals surface area (Å²) in [6.45, 7) is 5.22. The lowest BCUT2D eigenvalue weighted by Crippen LogP contribution is -2.39. The molecule has 1 aliphatic heterocycles. The number of morpholine rings is 1. The lowest BCUT2D eigenvalue weighted by atomic mass is 10.4. The number of anilines is 1. The molecule has 1 fully saturated rings. The first kappa shape index (κ1) is 15.7. The van der Waals surface area contributed by atoms with E-state index in [2.05, 4.69) is 15.4 Å². The minimum absolute atomic E-state index is 0.394. The van der Waals surface area contributed by atoms with Gasteiger partial charge >= 0.3 is 0 Å². The van der Waals surface area contributed by atoms with Gasteiger partial charge in [-0.25, -0.2) is 18.0 Å². The van der Waals surface area contributed by atoms with E-state index in [-0.39, 0.29) is 0 Å². The number of ether oxygens (including phenoxy) is 1. The Morgan fingerprint density at radius 2 is 2.23 bits per heavy atom. The van der Waals surface area contributed by atoms with Gasteiger partial charge in [0, 0.05) is 25.7 Å². The molecule has 2 aromatic rings. The molecule has 0 amide bonds. The number of aryl methyl sites for hydroxylation is 1. The molecule has 1 aliphatic rings. The summed E-state index contributed by atoms with van der Waals surface area (Å²) in [5, 5.41) is 7.86. The highest BCUT2D eigenvalue weighted by Gasteiger charge is 2.16. The van der Waals surface area contributed by atoms with Gasteiger partial charge in [-0.2, -0.15) is 5.10 Å². The second-order valence-electron chi connectivity index (χ2n) is 5.01. The molecule has 0 spiro atoms. The van der Waals surface area contributed by atoms with E-state index in [1.807, 2.05) is 11.2 Å². The fourth-order valence-corrected chi connectivity index (χ4v) is 3.61. The van der Waals surface area contributed by atoms with Crippen LogP contribution in [0.15, 0.2) is 12.3 Å². The SMILES string of the molecule is Cc1cnc2c(NCCS(=O)N3CCOCC3)cc(Cl)nn12. The fourth-order valence-electron chi connectivity index (χ4n) is 2.33. The number of aromatic nitrogens is 3. The van der Waals surface area contributed by atoms with E-state index in [9.17, 15) is 4.21 Å². The van der Waals surface area contributed by atoms with Crippen LogP contribution in [0.3, 0.4) is 0 Å². The topological polar surface area (TPSA) is 71.8 Å². The maximum atomic E-state index is 12.2. The summed E-state index contributed by atoms with van der Waals surface area (Å²) in [5.41, 5.74) is 2.43. The van der Waals surface area contributed by atoms with Gasteiger partial charge in [0.15, 0.2) is 10.8 Å². The van der Waals surface area contributed by atoms with Crippen LogP contribution in [-0.4, -0.2) is 61.7 Å². The number of nitrogens with one attached hydrogen (secondary N) is 1. The van der Waals surface area contributed by atoms with E-state index >= 15 is 0 Å². The quantitative estimate of drug-likeness (QED) is 0.880. The normalized spacial score (nSPS) is 17.7. The predicted molar refractivity (Wildman–Crippen MR) is 86.6 cm³/mol. The van der Waals surface area contributed by atoms with Crippen LogP contribution in [-0.2, 0) is 15.7 Å². The van der Waals surface area contributed by atoms with E-state index in [1.54, 1.807) is 16.8 Å². The predicted octanol–water partition coefficient (Wildman–Crippen LogP) is 1.10. The molecule has 0 aromatic carbocycles. The molecule has 0 bridgehead atoms. The number of halogens is 1. The Balaban J connectivity index is 1.63. The lowest BCUT2D eigenvalue weighted by Gasteiger charge is -2.25. The van der Waals surface area contributed by atoms with Crippen LogP contribution >= 0.6 is 11.6 Å². The van der Waals surface area contributed by atoms with Crippen molar-refractivity contribution in [1.29, 1.82) is 0 Å². The third-order valence-electron chi connectivity index (χ3n) is 3.46. The number of imidazole rings is 1. The van der Waals surface area contributed by atoms with E-state index in [0.29, 0.717) is 30.7 Å². The number of hydrogen-bond donors (Lipinski definition) is 1. The molecule has 1 saturated heterocycles. The van der Waals surface area contributed by atoms with Crippen molar-refractivity contribution in [2.75, 3.05) is 43.9 Å². The summed E-state index contributed by atoms with van der Waals surface area (Å²) in [5.74, 6) is 0.534. The molecule has 3 rings (SSSR count). The van der Waals surface area contributed by atoms with Gasteiger partial charge in [-0.15, -0.1) is 0 Å². The average Bonchev–Trinajstić information content (AvgIpc) is 2.89. The second-order valence-corrected chi connectivity index (χ2v) is 6.96. The third kappa shape index (κ3) is 3.40. The van der Waals surface area contributed by atoms with Crippen molar-refractivity contribution in [3.8, 4) is 0 Å². The number of nitrogens with zero attached hydrogens (tertiary/aromatic N) is 4. The number of fused-ring (bicyclic) bond motifs is 1. The molecular weight excluding hydrogens is 326 g/mol. The molecule has 3 heterocycles. The molecule has 22 heavy (non-hydrogen) atoms. The zero-order valence-corrected chi connectivity index (χ0v) is 13.9. The van der Waals surface area contributed by atoms with Gasteiger partial charge in [0.25, 0.3) is 0 Å². The standard InChI is InChI=1S/C13H18ClN5O2S/c1-10-9-16-13-11(8-12(14)17-19(10)13)15-2-7-22(20)18-3-5-21-6-4-18/h8-9,15H,2-7H2,1H3. The second kappa shape index (κ2) is 6.91. The van der Waals surface area contributed by atoms with Crippen molar-refractivity contribution in [2.24, 2.45) is 0 Å². The van der Waals surface area contributed by atoms with Gasteiger partial charge in [0.2, 0.25) is 0 Å². The minimum atomic E-state index is -0.999. The van der Waals surface area contributed by atoms with Crippen molar-refractivity contribution in [3.63, 3.8) is 0 Å². The smallest absolute Gasteiger partial charge is 0.177 e. The van der Waals surface area contributed by atoms with Gasteiger partial charge in [-0.05, 0) is 6.92 Å². The van der Waals surface area contributed by atoms with Gasteiger partial charge in [-0.1, -0.05) is 11.6 Å². The molecule has 7 nitrogen and oxygen atoms in total.